The van der Waals surface area contributed by atoms with Gasteiger partial charge in [-0.05, 0) is 87.1 Å². The van der Waals surface area contributed by atoms with Crippen molar-refractivity contribution in [3.8, 4) is 5.75 Å². The Morgan fingerprint density at radius 3 is 2.51 bits per heavy atom. The largest absolute Gasteiger partial charge is 0.485 e. The van der Waals surface area contributed by atoms with E-state index in [1.165, 1.54) is 10.8 Å². The van der Waals surface area contributed by atoms with E-state index in [4.69, 9.17) is 9.72 Å². The average Bonchev–Trinajstić information content (AvgIpc) is 3.47. The number of benzene rings is 2. The highest BCUT2D eigenvalue weighted by molar-refractivity contribution is 5.95. The molecule has 12 nitrogen and oxygen atoms in total. The van der Waals surface area contributed by atoms with E-state index in [0.29, 0.717) is 73.0 Å². The molecule has 0 bridgehead atoms. The number of halogens is 4. The summed E-state index contributed by atoms with van der Waals surface area (Å²) in [4.78, 5) is 56.9. The van der Waals surface area contributed by atoms with Crippen molar-refractivity contribution in [2.45, 2.75) is 90.5 Å². The summed E-state index contributed by atoms with van der Waals surface area (Å²) in [6.07, 6.45) is 4.36. The lowest BCUT2D eigenvalue weighted by atomic mass is 9.88. The molecule has 2 aromatic carbocycles. The minimum atomic E-state index is -4.76. The number of amides is 2. The number of ether oxygens (including phenoxy) is 1. The van der Waals surface area contributed by atoms with Gasteiger partial charge in [-0.3, -0.25) is 14.4 Å². The second-order valence-corrected chi connectivity index (χ2v) is 14.3. The molecule has 1 N–H and O–H groups in total. The average molecular weight is 787 g/mol. The van der Waals surface area contributed by atoms with Gasteiger partial charge in [0.2, 0.25) is 11.7 Å². The third-order valence-corrected chi connectivity index (χ3v) is 10.5. The Morgan fingerprint density at radius 1 is 1.02 bits per heavy atom. The fourth-order valence-corrected chi connectivity index (χ4v) is 7.59. The second kappa shape index (κ2) is 16.7. The van der Waals surface area contributed by atoms with E-state index < -0.39 is 35.7 Å². The van der Waals surface area contributed by atoms with Crippen LogP contribution in [-0.2, 0) is 30.5 Å². The number of alkyl halides is 3. The lowest BCUT2D eigenvalue weighted by Gasteiger charge is -2.33. The van der Waals surface area contributed by atoms with Gasteiger partial charge in [0.1, 0.15) is 25.3 Å². The van der Waals surface area contributed by atoms with Crippen molar-refractivity contribution in [2.24, 2.45) is 0 Å². The van der Waals surface area contributed by atoms with E-state index in [9.17, 15) is 31.9 Å². The fraction of sp³-hybridized carbons (Fsp3) is 0.390. The Hall–Kier alpha value is -5.93. The lowest BCUT2D eigenvalue weighted by molar-refractivity contribution is -0.137. The molecule has 0 saturated carbocycles. The van der Waals surface area contributed by atoms with Gasteiger partial charge in [-0.2, -0.15) is 22.7 Å². The first-order valence-electron chi connectivity index (χ1n) is 19.1. The molecule has 2 aliphatic rings. The third-order valence-electron chi connectivity index (χ3n) is 10.5. The number of fused-ring (bicyclic) bond motifs is 1. The summed E-state index contributed by atoms with van der Waals surface area (Å²) in [7, 11) is 0. The molecule has 0 radical (unpaired) electrons. The number of aryl methyl sites for hydroxylation is 1. The molecular weight excluding hydrogens is 744 g/mol. The van der Waals surface area contributed by atoms with E-state index in [2.05, 4.69) is 26.5 Å². The SMILES string of the molecule is CCc1c(C2CCN(C(=O)c3ncnc(C)c3OCc3ccccc3)CC2)c(=O)n2nc(C3=CCCCCC3)nc2n1CC(=O)Nc1ccc(C(F)(F)F)cc1F. The zero-order chi connectivity index (χ0) is 40.3. The molecule has 3 aromatic heterocycles. The van der Waals surface area contributed by atoms with Crippen molar-refractivity contribution in [2.75, 3.05) is 18.4 Å². The van der Waals surface area contributed by atoms with Gasteiger partial charge in [0, 0.05) is 24.3 Å². The van der Waals surface area contributed by atoms with Crippen LogP contribution in [0.1, 0.15) is 102 Å². The molecule has 0 spiro atoms. The molecule has 4 heterocycles. The Bertz CT molecular complexity index is 2380. The highest BCUT2D eigenvalue weighted by Gasteiger charge is 2.34. The monoisotopic (exact) mass is 786 g/mol. The van der Waals surface area contributed by atoms with Gasteiger partial charge in [-0.1, -0.05) is 49.8 Å². The molecule has 1 aliphatic heterocycles. The Balaban J connectivity index is 1.18. The summed E-state index contributed by atoms with van der Waals surface area (Å²) in [5.41, 5.74) is 1.47. The minimum absolute atomic E-state index is 0.124. The van der Waals surface area contributed by atoms with Crippen LogP contribution in [0, 0.1) is 12.7 Å². The molecule has 298 valence electrons. The number of nitrogens with zero attached hydrogens (tertiary/aromatic N) is 7. The van der Waals surface area contributed by atoms with Gasteiger partial charge >= 0.3 is 6.18 Å². The summed E-state index contributed by atoms with van der Waals surface area (Å²) >= 11 is 0. The van der Waals surface area contributed by atoms with Gasteiger partial charge in [-0.15, -0.1) is 5.10 Å². The summed E-state index contributed by atoms with van der Waals surface area (Å²) in [5, 5.41) is 7.05. The highest BCUT2D eigenvalue weighted by atomic mass is 19.4. The van der Waals surface area contributed by atoms with E-state index in [1.54, 1.807) is 16.4 Å². The summed E-state index contributed by atoms with van der Waals surface area (Å²) in [6, 6.07) is 11.4. The number of hydrogen-bond acceptors (Lipinski definition) is 8. The minimum Gasteiger partial charge on any atom is -0.485 e. The van der Waals surface area contributed by atoms with Crippen molar-refractivity contribution in [1.82, 2.24) is 34.0 Å². The Labute approximate surface area is 325 Å². The molecule has 1 saturated heterocycles. The number of carbonyl (C=O) groups excluding carboxylic acids is 2. The summed E-state index contributed by atoms with van der Waals surface area (Å²) in [6.45, 7) is 4.00. The van der Waals surface area contributed by atoms with E-state index in [1.807, 2.05) is 37.3 Å². The number of carbonyl (C=O) groups is 2. The molecule has 7 rings (SSSR count). The predicted octanol–water partition coefficient (Wildman–Crippen LogP) is 7.29. The van der Waals surface area contributed by atoms with Crippen LogP contribution in [0.25, 0.3) is 11.4 Å². The van der Waals surface area contributed by atoms with Crippen molar-refractivity contribution in [3.05, 3.63) is 117 Å². The fourth-order valence-electron chi connectivity index (χ4n) is 7.59. The smallest absolute Gasteiger partial charge is 0.416 e. The topological polar surface area (TPSA) is 137 Å². The quantitative estimate of drug-likeness (QED) is 0.146. The standard InChI is InChI=1S/C41H42F4N8O4/c1-3-32-34(27-17-19-51(20-18-27)39(56)35-36(25(2)46-24-47-35)57-23-26-11-7-6-8-12-26)38(55)53-40(49-37(50-53)28-13-9-4-5-10-14-28)52(32)22-33(54)48-31-16-15-29(21-30(31)42)41(43,44)45/h6-8,11-13,15-16,21,24,27H,3-5,9-10,14,17-20,22-23H2,1-2H3,(H,48,54). The van der Waals surface area contributed by atoms with Crippen molar-refractivity contribution in [1.29, 1.82) is 0 Å². The molecular formula is C41H42F4N8O4. The van der Waals surface area contributed by atoms with E-state index in [0.717, 1.165) is 49.3 Å². The predicted molar refractivity (Wildman–Crippen MR) is 203 cm³/mol. The van der Waals surface area contributed by atoms with Crippen LogP contribution >= 0.6 is 0 Å². The van der Waals surface area contributed by atoms with E-state index in [-0.39, 0.29) is 35.5 Å². The summed E-state index contributed by atoms with van der Waals surface area (Å²) in [5.74, 6) is -1.82. The van der Waals surface area contributed by atoms with Crippen LogP contribution in [0.4, 0.5) is 23.2 Å². The third kappa shape index (κ3) is 8.44. The molecule has 16 heteroatoms. The maximum Gasteiger partial charge on any atom is 0.416 e. The van der Waals surface area contributed by atoms with Crippen LogP contribution < -0.4 is 15.6 Å². The number of likely N-dealkylation sites (tertiary alicyclic amines) is 1. The van der Waals surface area contributed by atoms with Gasteiger partial charge in [-0.25, -0.2) is 14.4 Å². The van der Waals surface area contributed by atoms with Crippen molar-refractivity contribution < 1.29 is 31.9 Å². The second-order valence-electron chi connectivity index (χ2n) is 14.3. The molecule has 0 atom stereocenters. The number of piperidine rings is 1. The van der Waals surface area contributed by atoms with Gasteiger partial charge in [0.25, 0.3) is 11.5 Å². The molecule has 57 heavy (non-hydrogen) atoms. The maximum absolute atomic E-state index is 14.8. The van der Waals surface area contributed by atoms with Gasteiger partial charge in [0.05, 0.1) is 16.9 Å². The zero-order valence-electron chi connectivity index (χ0n) is 31.6. The van der Waals surface area contributed by atoms with Gasteiger partial charge < -0.3 is 19.5 Å². The van der Waals surface area contributed by atoms with Crippen molar-refractivity contribution in [3.63, 3.8) is 0 Å². The molecule has 0 unspecified atom stereocenters. The van der Waals surface area contributed by atoms with Crippen LogP contribution in [-0.4, -0.2) is 58.9 Å². The number of nitrogens with one attached hydrogen (secondary N) is 1. The number of anilines is 1. The number of hydrogen-bond donors (Lipinski definition) is 1. The first kappa shape index (κ1) is 39.3. The highest BCUT2D eigenvalue weighted by Crippen LogP contribution is 2.33. The lowest BCUT2D eigenvalue weighted by Crippen LogP contribution is -2.40. The first-order valence-corrected chi connectivity index (χ1v) is 19.1. The van der Waals surface area contributed by atoms with E-state index >= 15 is 0 Å². The van der Waals surface area contributed by atoms with Crippen LogP contribution in [0.15, 0.2) is 65.7 Å². The Morgan fingerprint density at radius 2 is 1.79 bits per heavy atom. The number of aromatic nitrogens is 6. The summed E-state index contributed by atoms with van der Waals surface area (Å²) < 4.78 is 63.2. The molecule has 2 amide bonds. The Kier molecular flexibility index (Phi) is 11.5. The van der Waals surface area contributed by atoms with Crippen LogP contribution in [0.2, 0.25) is 0 Å². The number of rotatable bonds is 10. The molecule has 5 aromatic rings. The van der Waals surface area contributed by atoms with Gasteiger partial charge in [0.15, 0.2) is 17.3 Å². The maximum atomic E-state index is 14.8. The first-order chi connectivity index (χ1) is 27.4. The van der Waals surface area contributed by atoms with Crippen molar-refractivity contribution >= 4 is 28.9 Å². The molecule has 1 fully saturated rings. The molecule has 1 aliphatic carbocycles. The zero-order valence-corrected chi connectivity index (χ0v) is 31.6. The number of allylic oxidation sites excluding steroid dienone is 2. The van der Waals surface area contributed by atoms with Crippen LogP contribution in [0.3, 0.4) is 0 Å². The van der Waals surface area contributed by atoms with Crippen LogP contribution in [0.5, 0.6) is 5.75 Å². The normalized spacial score (nSPS) is 15.3.